The van der Waals surface area contributed by atoms with Crippen LogP contribution in [-0.2, 0) is 12.3 Å². The summed E-state index contributed by atoms with van der Waals surface area (Å²) in [6.07, 6.45) is 2.53. The van der Waals surface area contributed by atoms with E-state index in [-0.39, 0.29) is 5.82 Å². The number of halogens is 2. The molecule has 1 nitrogen and oxygen atoms in total. The van der Waals surface area contributed by atoms with E-state index in [0.717, 1.165) is 21.9 Å². The Balaban J connectivity index is 2.11. The summed E-state index contributed by atoms with van der Waals surface area (Å²) in [6.45, 7) is 0. The quantitative estimate of drug-likeness (QED) is 0.748. The van der Waals surface area contributed by atoms with Crippen LogP contribution in [0.25, 0.3) is 0 Å². The van der Waals surface area contributed by atoms with E-state index in [1.165, 1.54) is 12.1 Å². The highest BCUT2D eigenvalue weighted by Crippen LogP contribution is 2.18. The van der Waals surface area contributed by atoms with Crippen molar-refractivity contribution in [3.63, 3.8) is 0 Å². The molecule has 0 saturated carbocycles. The number of hydrogen-bond donors (Lipinski definition) is 0. The molecule has 78 valence electrons. The summed E-state index contributed by atoms with van der Waals surface area (Å²) in [5.74, 6) is 0.292. The van der Waals surface area contributed by atoms with Crippen molar-refractivity contribution in [2.45, 2.75) is 12.3 Å². The summed E-state index contributed by atoms with van der Waals surface area (Å²) < 4.78 is 12.7. The molecular weight excluding hydrogens is 233 g/mol. The topological polar surface area (TPSA) is 12.9 Å². The van der Waals surface area contributed by atoms with Crippen LogP contribution in [0.1, 0.15) is 15.4 Å². The van der Waals surface area contributed by atoms with Gasteiger partial charge in [-0.3, -0.25) is 0 Å². The maximum atomic E-state index is 12.7. The van der Waals surface area contributed by atoms with Crippen LogP contribution >= 0.6 is 22.9 Å². The van der Waals surface area contributed by atoms with Crippen LogP contribution in [0, 0.1) is 5.82 Å². The highest BCUT2D eigenvalue weighted by molar-refractivity contribution is 7.11. The minimum atomic E-state index is -0.209. The Kier molecular flexibility index (Phi) is 3.34. The van der Waals surface area contributed by atoms with Crippen molar-refractivity contribution >= 4 is 22.9 Å². The first-order valence-electron chi connectivity index (χ1n) is 4.52. The lowest BCUT2D eigenvalue weighted by Crippen LogP contribution is -1.86. The van der Waals surface area contributed by atoms with Gasteiger partial charge in [0.2, 0.25) is 0 Å². The van der Waals surface area contributed by atoms with E-state index in [0.29, 0.717) is 5.88 Å². The van der Waals surface area contributed by atoms with Gasteiger partial charge in [-0.1, -0.05) is 12.1 Å². The zero-order valence-corrected chi connectivity index (χ0v) is 9.48. The molecular formula is C11H9ClFNS. The molecule has 0 fully saturated rings. The summed E-state index contributed by atoms with van der Waals surface area (Å²) in [7, 11) is 0. The van der Waals surface area contributed by atoms with Crippen LogP contribution in [0.3, 0.4) is 0 Å². The highest BCUT2D eigenvalue weighted by atomic mass is 35.5. The third-order valence-corrected chi connectivity index (χ3v) is 3.45. The predicted octanol–water partition coefficient (Wildman–Crippen LogP) is 3.61. The fraction of sp³-hybridized carbons (Fsp3) is 0.182. The van der Waals surface area contributed by atoms with E-state index in [2.05, 4.69) is 4.98 Å². The van der Waals surface area contributed by atoms with Gasteiger partial charge in [0.25, 0.3) is 0 Å². The molecule has 0 atom stereocenters. The second-order valence-electron chi connectivity index (χ2n) is 3.16. The Bertz CT molecular complexity index is 438. The third kappa shape index (κ3) is 2.76. The minimum absolute atomic E-state index is 0.209. The van der Waals surface area contributed by atoms with Gasteiger partial charge in [-0.05, 0) is 17.7 Å². The van der Waals surface area contributed by atoms with Gasteiger partial charge in [0.05, 0.1) is 10.9 Å². The number of hydrogen-bond acceptors (Lipinski definition) is 2. The standard InChI is InChI=1S/C11H9ClFNS/c12-6-10-7-14-11(15-10)5-8-1-3-9(13)4-2-8/h1-4,7H,5-6H2. The number of rotatable bonds is 3. The van der Waals surface area contributed by atoms with Crippen LogP contribution in [0.2, 0.25) is 0 Å². The molecule has 0 radical (unpaired) electrons. The largest absolute Gasteiger partial charge is 0.249 e. The Hall–Kier alpha value is -0.930. The van der Waals surface area contributed by atoms with E-state index >= 15 is 0 Å². The molecule has 0 spiro atoms. The van der Waals surface area contributed by atoms with Gasteiger partial charge in [0.15, 0.2) is 0 Å². The average molecular weight is 242 g/mol. The third-order valence-electron chi connectivity index (χ3n) is 2.00. The van der Waals surface area contributed by atoms with Gasteiger partial charge in [0.1, 0.15) is 5.82 Å². The normalized spacial score (nSPS) is 10.5. The van der Waals surface area contributed by atoms with Crippen molar-refractivity contribution in [2.75, 3.05) is 0 Å². The summed E-state index contributed by atoms with van der Waals surface area (Å²) in [6, 6.07) is 6.48. The van der Waals surface area contributed by atoms with Gasteiger partial charge in [-0.15, -0.1) is 22.9 Å². The molecule has 2 aromatic rings. The lowest BCUT2D eigenvalue weighted by molar-refractivity contribution is 0.627. The van der Waals surface area contributed by atoms with E-state index in [1.54, 1.807) is 29.7 Å². The zero-order chi connectivity index (χ0) is 10.7. The molecule has 1 aromatic carbocycles. The summed E-state index contributed by atoms with van der Waals surface area (Å²) in [5.41, 5.74) is 1.06. The van der Waals surface area contributed by atoms with Crippen molar-refractivity contribution in [3.8, 4) is 0 Å². The number of alkyl halides is 1. The summed E-state index contributed by atoms with van der Waals surface area (Å²) in [4.78, 5) is 5.31. The van der Waals surface area contributed by atoms with E-state index in [4.69, 9.17) is 11.6 Å². The van der Waals surface area contributed by atoms with Crippen molar-refractivity contribution < 1.29 is 4.39 Å². The first-order chi connectivity index (χ1) is 7.28. The number of thiazole rings is 1. The lowest BCUT2D eigenvalue weighted by atomic mass is 10.2. The average Bonchev–Trinajstić information content (AvgIpc) is 2.69. The Morgan fingerprint density at radius 2 is 2.00 bits per heavy atom. The summed E-state index contributed by atoms with van der Waals surface area (Å²) in [5, 5.41) is 1.01. The number of nitrogens with zero attached hydrogens (tertiary/aromatic N) is 1. The van der Waals surface area contributed by atoms with Gasteiger partial charge in [0, 0.05) is 17.5 Å². The SMILES string of the molecule is Fc1ccc(Cc2ncc(CCl)s2)cc1. The Morgan fingerprint density at radius 1 is 1.27 bits per heavy atom. The van der Waals surface area contributed by atoms with Gasteiger partial charge < -0.3 is 0 Å². The molecule has 0 saturated heterocycles. The van der Waals surface area contributed by atoms with E-state index in [9.17, 15) is 4.39 Å². The van der Waals surface area contributed by atoms with Crippen molar-refractivity contribution in [3.05, 3.63) is 51.7 Å². The van der Waals surface area contributed by atoms with Crippen LogP contribution in [0.5, 0.6) is 0 Å². The van der Waals surface area contributed by atoms with Crippen LogP contribution < -0.4 is 0 Å². The second-order valence-corrected chi connectivity index (χ2v) is 4.62. The van der Waals surface area contributed by atoms with Gasteiger partial charge in [-0.2, -0.15) is 0 Å². The molecule has 0 aliphatic heterocycles. The smallest absolute Gasteiger partial charge is 0.123 e. The van der Waals surface area contributed by atoms with Gasteiger partial charge >= 0.3 is 0 Å². The molecule has 0 aliphatic rings. The molecule has 15 heavy (non-hydrogen) atoms. The molecule has 0 N–H and O–H groups in total. The van der Waals surface area contributed by atoms with E-state index in [1.807, 2.05) is 0 Å². The van der Waals surface area contributed by atoms with Crippen molar-refractivity contribution in [2.24, 2.45) is 0 Å². The molecule has 0 unspecified atom stereocenters. The first kappa shape index (κ1) is 10.6. The predicted molar refractivity (Wildman–Crippen MR) is 60.9 cm³/mol. The second kappa shape index (κ2) is 4.73. The number of benzene rings is 1. The molecule has 2 rings (SSSR count). The Morgan fingerprint density at radius 3 is 2.60 bits per heavy atom. The monoisotopic (exact) mass is 241 g/mol. The van der Waals surface area contributed by atoms with Gasteiger partial charge in [-0.25, -0.2) is 9.37 Å². The maximum Gasteiger partial charge on any atom is 0.123 e. The molecule has 0 aliphatic carbocycles. The van der Waals surface area contributed by atoms with Crippen LogP contribution in [-0.4, -0.2) is 4.98 Å². The van der Waals surface area contributed by atoms with Crippen LogP contribution in [0.4, 0.5) is 4.39 Å². The van der Waals surface area contributed by atoms with E-state index < -0.39 is 0 Å². The molecule has 0 bridgehead atoms. The molecule has 1 aromatic heterocycles. The fourth-order valence-electron chi connectivity index (χ4n) is 1.27. The molecule has 0 amide bonds. The van der Waals surface area contributed by atoms with Crippen LogP contribution in [0.15, 0.2) is 30.5 Å². The zero-order valence-electron chi connectivity index (χ0n) is 7.91. The molecule has 1 heterocycles. The maximum absolute atomic E-state index is 12.7. The van der Waals surface area contributed by atoms with Crippen molar-refractivity contribution in [1.29, 1.82) is 0 Å². The fourth-order valence-corrected chi connectivity index (χ4v) is 2.31. The number of aromatic nitrogens is 1. The minimum Gasteiger partial charge on any atom is -0.249 e. The molecule has 4 heteroatoms. The highest BCUT2D eigenvalue weighted by Gasteiger charge is 2.02. The lowest BCUT2D eigenvalue weighted by Gasteiger charge is -1.96. The Labute approximate surface area is 96.5 Å². The summed E-state index contributed by atoms with van der Waals surface area (Å²) >= 11 is 7.28. The first-order valence-corrected chi connectivity index (χ1v) is 5.87. The van der Waals surface area contributed by atoms with Crippen molar-refractivity contribution in [1.82, 2.24) is 4.98 Å².